The Labute approximate surface area is 332 Å². The Morgan fingerprint density at radius 1 is 0.518 bits per heavy atom. The van der Waals surface area contributed by atoms with E-state index in [-0.39, 0.29) is 0 Å². The third-order valence-electron chi connectivity index (χ3n) is 9.49. The number of aldehydes is 4. The van der Waals surface area contributed by atoms with E-state index >= 15 is 0 Å². The second kappa shape index (κ2) is 16.5. The van der Waals surface area contributed by atoms with Gasteiger partial charge in [0.2, 0.25) is 0 Å². The van der Waals surface area contributed by atoms with Crippen molar-refractivity contribution in [1.29, 1.82) is 0 Å². The maximum atomic E-state index is 11.6. The van der Waals surface area contributed by atoms with Crippen LogP contribution >= 0.6 is 0 Å². The first-order chi connectivity index (χ1) is 27.3. The number of benzene rings is 4. The number of aromatic amines is 1. The second-order valence-electron chi connectivity index (χ2n) is 12.9. The van der Waals surface area contributed by atoms with Crippen LogP contribution in [0, 0.1) is 0 Å². The number of aliphatic imine (C=N–C) groups is 2. The number of rotatable bonds is 13. The van der Waals surface area contributed by atoms with Gasteiger partial charge in [0.15, 0.2) is 0 Å². The molecule has 0 bridgehead atoms. The molecule has 9 heteroatoms. The standard InChI is InChI=1S/C47H32N4O4.Zn/c1-2-39(48)45(35-13-7-32(27-53)8-14-35)40-21-22-43(50-40)47(37-17-11-34(29-55)12-18-37)44-24-23-42(51-44)46(36-15-9-33(28-54)10-16-36)41-20-19-38(49-41)25-30-3-5-31(26-52)6-4-30;/h2-24,26-29,51H,1,48H2;/b45-39-,46-41-,47-43-;. The molecule has 56 heavy (non-hydrogen) atoms. The van der Waals surface area contributed by atoms with Gasteiger partial charge >= 0.3 is 241 Å². The Morgan fingerprint density at radius 2 is 0.893 bits per heavy atom. The molecule has 266 valence electrons. The predicted octanol–water partition coefficient (Wildman–Crippen LogP) is 8.13. The minimum atomic E-state index is 0.432. The van der Waals surface area contributed by atoms with Gasteiger partial charge in [-0.15, -0.1) is 0 Å². The molecule has 0 radical (unpaired) electrons. The summed E-state index contributed by atoms with van der Waals surface area (Å²) in [5, 5.41) is 0. The van der Waals surface area contributed by atoms with E-state index in [1.165, 1.54) is 0 Å². The van der Waals surface area contributed by atoms with Crippen LogP contribution in [-0.4, -0.2) is 45.7 Å². The van der Waals surface area contributed by atoms with Gasteiger partial charge in [0, 0.05) is 22.4 Å². The Balaban J connectivity index is 1.36. The smallest absolute Gasteiger partial charge is 0.298 e. The number of allylic oxidation sites excluding steroid dienone is 6. The molecule has 0 unspecified atom stereocenters. The van der Waals surface area contributed by atoms with E-state index in [0.29, 0.717) is 44.9 Å². The normalized spacial score (nSPS) is 15.4. The van der Waals surface area contributed by atoms with E-state index in [1.54, 1.807) is 54.6 Å². The minimum Gasteiger partial charge on any atom is -0.298 e. The molecular weight excluding hydrogens is 750 g/mol. The Hall–Kier alpha value is -7.09. The minimum absolute atomic E-state index is 0.432. The first kappa shape index (κ1) is 37.2. The zero-order valence-electron chi connectivity index (χ0n) is 30.1. The number of hydrogen-bond donors (Lipinski definition) is 2. The Bertz CT molecular complexity index is 2650. The molecule has 0 aliphatic carbocycles. The Morgan fingerprint density at radius 3 is 1.30 bits per heavy atom. The first-order valence-corrected chi connectivity index (χ1v) is 19.1. The van der Waals surface area contributed by atoms with Crippen molar-refractivity contribution >= 4 is 57.4 Å². The summed E-state index contributed by atoms with van der Waals surface area (Å²) < 4.78 is 1.08. The second-order valence-corrected chi connectivity index (χ2v) is 14.4. The van der Waals surface area contributed by atoms with E-state index in [4.69, 9.17) is 15.7 Å². The molecular formula is C47H32N4O4Zn. The van der Waals surface area contributed by atoms with Crippen LogP contribution in [0.4, 0.5) is 0 Å². The topological polar surface area (TPSA) is 135 Å². The van der Waals surface area contributed by atoms with Crippen LogP contribution in [0.5, 0.6) is 0 Å². The Kier molecular flexibility index (Phi) is 11.0. The van der Waals surface area contributed by atoms with Gasteiger partial charge in [0.05, 0.1) is 0 Å². The quantitative estimate of drug-likeness (QED) is 0.0707. The van der Waals surface area contributed by atoms with Crippen LogP contribution in [0.25, 0.3) is 16.7 Å². The molecule has 0 atom stereocenters. The van der Waals surface area contributed by atoms with E-state index in [0.717, 1.165) is 103 Å². The summed E-state index contributed by atoms with van der Waals surface area (Å²) in [5.74, 6) is 0. The van der Waals surface area contributed by atoms with Crippen molar-refractivity contribution in [2.45, 2.75) is 0 Å². The van der Waals surface area contributed by atoms with E-state index in [1.807, 2.05) is 85.0 Å². The van der Waals surface area contributed by atoms with Gasteiger partial charge in [0.25, 0.3) is 0 Å². The van der Waals surface area contributed by atoms with Gasteiger partial charge in [-0.3, -0.25) is 9.59 Å². The molecule has 4 aromatic carbocycles. The SMILES string of the molecule is C=C/C(N)=C(C1=N/C(=C(/c2ccc(C=O)cc2)c2ccc(/C(=C3/C=CC([C](=[Zn])c4ccc(C=O)cc4)=N3)c3ccc(C=O)cc3)[nH]2)C=C1)\c1ccc(C=O)cc1. The van der Waals surface area contributed by atoms with Crippen molar-refractivity contribution in [1.82, 2.24) is 4.98 Å². The third-order valence-corrected chi connectivity index (χ3v) is 11.1. The number of H-pyrrole nitrogens is 1. The summed E-state index contributed by atoms with van der Waals surface area (Å²) in [4.78, 5) is 59.6. The molecule has 7 rings (SSSR count). The average molecular weight is 782 g/mol. The fourth-order valence-electron chi connectivity index (χ4n) is 6.54. The van der Waals surface area contributed by atoms with Crippen LogP contribution in [0.2, 0.25) is 0 Å². The summed E-state index contributed by atoms with van der Waals surface area (Å²) >= 11 is 0.849. The van der Waals surface area contributed by atoms with E-state index in [9.17, 15) is 19.2 Å². The molecule has 1 aromatic heterocycles. The third kappa shape index (κ3) is 7.62. The van der Waals surface area contributed by atoms with Crippen LogP contribution in [0.3, 0.4) is 0 Å². The van der Waals surface area contributed by atoms with Gasteiger partial charge in [-0.1, -0.05) is 30.8 Å². The van der Waals surface area contributed by atoms with Crippen molar-refractivity contribution in [2.24, 2.45) is 15.7 Å². The molecule has 3 N–H and O–H groups in total. The number of hydrogen-bond acceptors (Lipinski definition) is 7. The summed E-state index contributed by atoms with van der Waals surface area (Å²) in [6.07, 6.45) is 12.6. The fraction of sp³-hybridized carbons (Fsp3) is 0. The monoisotopic (exact) mass is 780 g/mol. The van der Waals surface area contributed by atoms with Gasteiger partial charge in [-0.2, -0.15) is 0 Å². The van der Waals surface area contributed by atoms with Crippen molar-refractivity contribution in [3.8, 4) is 0 Å². The number of nitrogens with two attached hydrogens (primary N) is 1. The number of aromatic nitrogens is 1. The molecule has 2 aliphatic rings. The van der Waals surface area contributed by atoms with E-state index in [2.05, 4.69) is 11.6 Å². The average Bonchev–Trinajstić information content (AvgIpc) is 4.05. The fourth-order valence-corrected chi connectivity index (χ4v) is 7.45. The zero-order chi connectivity index (χ0) is 39.2. The molecule has 5 aromatic rings. The van der Waals surface area contributed by atoms with Gasteiger partial charge in [0.1, 0.15) is 12.6 Å². The molecule has 8 nitrogen and oxygen atoms in total. The molecule has 0 saturated carbocycles. The van der Waals surface area contributed by atoms with Gasteiger partial charge < -0.3 is 5.73 Å². The van der Waals surface area contributed by atoms with Crippen molar-refractivity contribution < 1.29 is 37.0 Å². The van der Waals surface area contributed by atoms with Crippen molar-refractivity contribution in [3.05, 3.63) is 219 Å². The summed E-state index contributed by atoms with van der Waals surface area (Å²) in [5.41, 5.74) is 19.4. The molecule has 0 spiro atoms. The summed E-state index contributed by atoms with van der Waals surface area (Å²) in [6, 6.07) is 33.3. The van der Waals surface area contributed by atoms with Crippen LogP contribution in [0.15, 0.2) is 173 Å². The molecule has 0 amide bonds. The summed E-state index contributed by atoms with van der Waals surface area (Å²) in [6.45, 7) is 3.89. The van der Waals surface area contributed by atoms with Gasteiger partial charge in [-0.25, -0.2) is 0 Å². The van der Waals surface area contributed by atoms with Crippen molar-refractivity contribution in [3.63, 3.8) is 0 Å². The molecule has 2 aliphatic heterocycles. The number of carbonyl (C=O) groups excluding carboxylic acids is 4. The number of nitrogens with zero attached hydrogens (tertiary/aromatic N) is 2. The number of carbonyl (C=O) groups is 4. The van der Waals surface area contributed by atoms with Crippen LogP contribution in [0.1, 0.15) is 75.1 Å². The first-order valence-electron chi connectivity index (χ1n) is 17.6. The van der Waals surface area contributed by atoms with E-state index < -0.39 is 0 Å². The maximum absolute atomic E-state index is 11.6. The van der Waals surface area contributed by atoms with Crippen LogP contribution in [-0.2, 0) is 17.9 Å². The van der Waals surface area contributed by atoms with Crippen molar-refractivity contribution in [2.75, 3.05) is 0 Å². The number of nitrogens with one attached hydrogen (secondary N) is 1. The zero-order valence-corrected chi connectivity index (χ0v) is 33.1. The molecule has 3 heterocycles. The predicted molar refractivity (Wildman–Crippen MR) is 219 cm³/mol. The molecule has 0 saturated heterocycles. The van der Waals surface area contributed by atoms with Gasteiger partial charge in [-0.05, 0) is 11.6 Å². The summed E-state index contributed by atoms with van der Waals surface area (Å²) in [7, 11) is 0. The van der Waals surface area contributed by atoms with Crippen LogP contribution < -0.4 is 5.73 Å². The molecule has 0 fully saturated rings.